The van der Waals surface area contributed by atoms with Gasteiger partial charge in [-0.05, 0) is 24.8 Å². The van der Waals surface area contributed by atoms with Crippen LogP contribution in [0.2, 0.25) is 0 Å². The van der Waals surface area contributed by atoms with Crippen LogP contribution in [0.25, 0.3) is 0 Å². The highest BCUT2D eigenvalue weighted by Crippen LogP contribution is 2.41. The van der Waals surface area contributed by atoms with E-state index in [0.717, 1.165) is 19.3 Å². The number of benzene rings is 1. The van der Waals surface area contributed by atoms with E-state index in [-0.39, 0.29) is 11.4 Å². The lowest BCUT2D eigenvalue weighted by atomic mass is 9.71. The monoisotopic (exact) mass is 255 g/mol. The van der Waals surface area contributed by atoms with Gasteiger partial charge < -0.3 is 5.32 Å². The molecule has 2 aromatic rings. The number of amides is 1. The molecule has 1 aliphatic carbocycles. The van der Waals surface area contributed by atoms with Crippen LogP contribution in [0, 0.1) is 0 Å². The predicted octanol–water partition coefficient (Wildman–Crippen LogP) is 2.23. The smallest absolute Gasteiger partial charge is 0.255 e. The number of aromatic nitrogens is 2. The van der Waals surface area contributed by atoms with E-state index in [2.05, 4.69) is 22.5 Å². The van der Waals surface area contributed by atoms with E-state index in [1.165, 1.54) is 5.56 Å². The number of nitrogens with zero attached hydrogens (tertiary/aromatic N) is 2. The third-order valence-corrected chi connectivity index (χ3v) is 3.85. The summed E-state index contributed by atoms with van der Waals surface area (Å²) in [7, 11) is 1.81. The summed E-state index contributed by atoms with van der Waals surface area (Å²) in [4.78, 5) is 12.3. The van der Waals surface area contributed by atoms with Crippen molar-refractivity contribution in [2.24, 2.45) is 7.05 Å². The van der Waals surface area contributed by atoms with Gasteiger partial charge in [0.2, 0.25) is 0 Å². The van der Waals surface area contributed by atoms with Crippen molar-refractivity contribution in [3.05, 3.63) is 53.9 Å². The third kappa shape index (κ3) is 2.14. The zero-order chi connectivity index (χ0) is 13.3. The second-order valence-corrected chi connectivity index (χ2v) is 5.16. The highest BCUT2D eigenvalue weighted by Gasteiger charge is 2.40. The van der Waals surface area contributed by atoms with Crippen LogP contribution in [-0.4, -0.2) is 15.7 Å². The fraction of sp³-hybridized carbons (Fsp3) is 0.333. The van der Waals surface area contributed by atoms with Gasteiger partial charge in [-0.1, -0.05) is 30.3 Å². The predicted molar refractivity (Wildman–Crippen MR) is 72.6 cm³/mol. The topological polar surface area (TPSA) is 46.9 Å². The second kappa shape index (κ2) is 4.53. The summed E-state index contributed by atoms with van der Waals surface area (Å²) in [6.45, 7) is 0. The Morgan fingerprint density at radius 3 is 2.58 bits per heavy atom. The highest BCUT2D eigenvalue weighted by atomic mass is 16.1. The SMILES string of the molecule is Cn1cc(C(=O)NC2(c3ccccc3)CCC2)cn1. The van der Waals surface area contributed by atoms with Crippen LogP contribution in [0.1, 0.15) is 35.2 Å². The molecule has 1 N–H and O–H groups in total. The Labute approximate surface area is 112 Å². The summed E-state index contributed by atoms with van der Waals surface area (Å²) in [6.07, 6.45) is 6.51. The molecule has 1 saturated carbocycles. The maximum absolute atomic E-state index is 12.3. The Bertz CT molecular complexity index is 584. The van der Waals surface area contributed by atoms with Crippen molar-refractivity contribution in [2.75, 3.05) is 0 Å². The first-order valence-electron chi connectivity index (χ1n) is 6.56. The number of carbonyl (C=O) groups excluding carboxylic acids is 1. The number of carbonyl (C=O) groups is 1. The molecule has 4 heteroatoms. The molecule has 1 aromatic heterocycles. The lowest BCUT2D eigenvalue weighted by Crippen LogP contribution is -2.50. The van der Waals surface area contributed by atoms with Crippen molar-refractivity contribution in [2.45, 2.75) is 24.8 Å². The van der Waals surface area contributed by atoms with Crippen LogP contribution < -0.4 is 5.32 Å². The summed E-state index contributed by atoms with van der Waals surface area (Å²) in [5.41, 5.74) is 1.62. The maximum Gasteiger partial charge on any atom is 0.255 e. The van der Waals surface area contributed by atoms with Crippen LogP contribution in [0.3, 0.4) is 0 Å². The van der Waals surface area contributed by atoms with Gasteiger partial charge in [0, 0.05) is 13.2 Å². The van der Waals surface area contributed by atoms with E-state index in [9.17, 15) is 4.79 Å². The summed E-state index contributed by atoms with van der Waals surface area (Å²) < 4.78 is 1.64. The van der Waals surface area contributed by atoms with E-state index < -0.39 is 0 Å². The molecule has 0 unspecified atom stereocenters. The first-order valence-corrected chi connectivity index (χ1v) is 6.56. The Morgan fingerprint density at radius 2 is 2.05 bits per heavy atom. The molecule has 19 heavy (non-hydrogen) atoms. The largest absolute Gasteiger partial charge is 0.342 e. The van der Waals surface area contributed by atoms with Crippen LogP contribution in [-0.2, 0) is 12.6 Å². The first kappa shape index (κ1) is 12.0. The van der Waals surface area contributed by atoms with Gasteiger partial charge in [-0.3, -0.25) is 9.48 Å². The van der Waals surface area contributed by atoms with Crippen molar-refractivity contribution in [1.82, 2.24) is 15.1 Å². The Kier molecular flexibility index (Phi) is 2.85. The van der Waals surface area contributed by atoms with E-state index in [0.29, 0.717) is 5.56 Å². The molecule has 1 aromatic carbocycles. The van der Waals surface area contributed by atoms with Gasteiger partial charge in [-0.25, -0.2) is 0 Å². The normalized spacial score (nSPS) is 16.7. The minimum atomic E-state index is -0.186. The van der Waals surface area contributed by atoms with Crippen molar-refractivity contribution >= 4 is 5.91 Å². The van der Waals surface area contributed by atoms with E-state index in [4.69, 9.17) is 0 Å². The molecule has 1 heterocycles. The average molecular weight is 255 g/mol. The van der Waals surface area contributed by atoms with Crippen LogP contribution in [0.4, 0.5) is 0 Å². The first-order chi connectivity index (χ1) is 9.20. The number of hydrogen-bond donors (Lipinski definition) is 1. The molecule has 3 rings (SSSR count). The van der Waals surface area contributed by atoms with Gasteiger partial charge >= 0.3 is 0 Å². The molecule has 0 radical (unpaired) electrons. The summed E-state index contributed by atoms with van der Waals surface area (Å²) in [5.74, 6) is -0.0448. The average Bonchev–Trinajstić information content (AvgIpc) is 2.81. The van der Waals surface area contributed by atoms with Gasteiger partial charge in [0.15, 0.2) is 0 Å². The molecular formula is C15H17N3O. The van der Waals surface area contributed by atoms with Gasteiger partial charge in [0.05, 0.1) is 17.3 Å². The molecule has 1 fully saturated rings. The lowest BCUT2D eigenvalue weighted by Gasteiger charge is -2.43. The van der Waals surface area contributed by atoms with Crippen molar-refractivity contribution in [1.29, 1.82) is 0 Å². The van der Waals surface area contributed by atoms with Gasteiger partial charge in [-0.2, -0.15) is 5.10 Å². The highest BCUT2D eigenvalue weighted by molar-refractivity contribution is 5.94. The molecule has 0 bridgehead atoms. The fourth-order valence-electron chi connectivity index (χ4n) is 2.60. The van der Waals surface area contributed by atoms with Gasteiger partial charge in [0.25, 0.3) is 5.91 Å². The van der Waals surface area contributed by atoms with Crippen molar-refractivity contribution < 1.29 is 4.79 Å². The van der Waals surface area contributed by atoms with Crippen LogP contribution >= 0.6 is 0 Å². The lowest BCUT2D eigenvalue weighted by molar-refractivity contribution is 0.0823. The van der Waals surface area contributed by atoms with E-state index in [1.807, 2.05) is 25.2 Å². The molecule has 0 aliphatic heterocycles. The summed E-state index contributed by atoms with van der Waals surface area (Å²) >= 11 is 0. The van der Waals surface area contributed by atoms with Crippen molar-refractivity contribution in [3.63, 3.8) is 0 Å². The maximum atomic E-state index is 12.3. The fourth-order valence-corrected chi connectivity index (χ4v) is 2.60. The molecule has 4 nitrogen and oxygen atoms in total. The Morgan fingerprint density at radius 1 is 1.32 bits per heavy atom. The minimum Gasteiger partial charge on any atom is -0.342 e. The number of aryl methyl sites for hydroxylation is 1. The third-order valence-electron chi connectivity index (χ3n) is 3.85. The molecular weight excluding hydrogens is 238 g/mol. The van der Waals surface area contributed by atoms with E-state index >= 15 is 0 Å². The van der Waals surface area contributed by atoms with Crippen LogP contribution in [0.15, 0.2) is 42.7 Å². The Balaban J connectivity index is 1.82. The zero-order valence-corrected chi connectivity index (χ0v) is 11.0. The molecule has 0 atom stereocenters. The zero-order valence-electron chi connectivity index (χ0n) is 11.0. The molecule has 1 amide bonds. The summed E-state index contributed by atoms with van der Waals surface area (Å²) in [6, 6.07) is 10.2. The number of rotatable bonds is 3. The second-order valence-electron chi connectivity index (χ2n) is 5.16. The van der Waals surface area contributed by atoms with Crippen LogP contribution in [0.5, 0.6) is 0 Å². The minimum absolute atomic E-state index is 0.0448. The standard InChI is InChI=1S/C15H17N3O/c1-18-11-12(10-16-18)14(19)17-15(8-5-9-15)13-6-3-2-4-7-13/h2-4,6-7,10-11H,5,8-9H2,1H3,(H,17,19). The Hall–Kier alpha value is -2.10. The molecule has 98 valence electrons. The van der Waals surface area contributed by atoms with Gasteiger partial charge in [0.1, 0.15) is 0 Å². The quantitative estimate of drug-likeness (QED) is 0.914. The van der Waals surface area contributed by atoms with E-state index in [1.54, 1.807) is 17.1 Å². The number of hydrogen-bond acceptors (Lipinski definition) is 2. The molecule has 0 spiro atoms. The molecule has 0 saturated heterocycles. The summed E-state index contributed by atoms with van der Waals surface area (Å²) in [5, 5.41) is 7.22. The van der Waals surface area contributed by atoms with Gasteiger partial charge in [-0.15, -0.1) is 0 Å². The van der Waals surface area contributed by atoms with Crippen molar-refractivity contribution in [3.8, 4) is 0 Å². The number of nitrogens with one attached hydrogen (secondary N) is 1. The molecule has 1 aliphatic rings.